The van der Waals surface area contributed by atoms with E-state index in [-0.39, 0.29) is 12.4 Å². The topological polar surface area (TPSA) is 35.3 Å². The number of rotatable bonds is 4. The zero-order chi connectivity index (χ0) is 17.1. The van der Waals surface area contributed by atoms with Crippen LogP contribution < -0.4 is 4.74 Å². The van der Waals surface area contributed by atoms with Crippen LogP contribution in [0.2, 0.25) is 0 Å². The first-order valence-corrected chi connectivity index (χ1v) is 8.09. The van der Waals surface area contributed by atoms with Gasteiger partial charge < -0.3 is 9.15 Å². The normalized spacial score (nSPS) is 10.8. The van der Waals surface area contributed by atoms with Crippen molar-refractivity contribution in [1.29, 1.82) is 0 Å². The fourth-order valence-corrected chi connectivity index (χ4v) is 2.83. The molecule has 130 valence electrons. The zero-order valence-corrected chi connectivity index (χ0v) is 15.1. The highest BCUT2D eigenvalue weighted by Crippen LogP contribution is 2.36. The van der Waals surface area contributed by atoms with Crippen LogP contribution in [0.4, 0.5) is 0 Å². The molecule has 2 aromatic heterocycles. The lowest BCUT2D eigenvalue weighted by molar-refractivity contribution is 0.411. The van der Waals surface area contributed by atoms with Gasteiger partial charge in [0.05, 0.1) is 7.11 Å². The molecule has 4 heteroatoms. The largest absolute Gasteiger partial charge is 0.493 e. The molecule has 0 bridgehead atoms. The van der Waals surface area contributed by atoms with Crippen LogP contribution in [0.15, 0.2) is 77.5 Å². The summed E-state index contributed by atoms with van der Waals surface area (Å²) in [6, 6.07) is 20.1. The Kier molecular flexibility index (Phi) is 5.40. The van der Waals surface area contributed by atoms with Crippen LogP contribution in [-0.4, -0.2) is 12.1 Å². The lowest BCUT2D eigenvalue weighted by atomic mass is 10.1. The van der Waals surface area contributed by atoms with E-state index in [1.807, 2.05) is 54.6 Å². The van der Waals surface area contributed by atoms with Crippen LogP contribution in [0.25, 0.3) is 34.4 Å². The number of halogens is 1. The second kappa shape index (κ2) is 7.89. The van der Waals surface area contributed by atoms with Gasteiger partial charge in [-0.1, -0.05) is 48.6 Å². The van der Waals surface area contributed by atoms with Gasteiger partial charge in [0, 0.05) is 23.3 Å². The summed E-state index contributed by atoms with van der Waals surface area (Å²) >= 11 is 0. The summed E-state index contributed by atoms with van der Waals surface area (Å²) in [5.41, 5.74) is 3.99. The fourth-order valence-electron chi connectivity index (χ4n) is 2.83. The molecule has 2 heterocycles. The summed E-state index contributed by atoms with van der Waals surface area (Å²) in [6.45, 7) is 0. The van der Waals surface area contributed by atoms with Gasteiger partial charge in [-0.05, 0) is 35.4 Å². The highest BCUT2D eigenvalue weighted by Gasteiger charge is 2.13. The van der Waals surface area contributed by atoms with Gasteiger partial charge in [-0.25, -0.2) is 0 Å². The van der Waals surface area contributed by atoms with Crippen molar-refractivity contribution in [3.05, 3.63) is 84.2 Å². The van der Waals surface area contributed by atoms with Crippen LogP contribution in [0, 0.1) is 0 Å². The Labute approximate surface area is 158 Å². The Morgan fingerprint density at radius 3 is 2.42 bits per heavy atom. The van der Waals surface area contributed by atoms with Crippen molar-refractivity contribution in [2.45, 2.75) is 0 Å². The number of pyridine rings is 1. The smallest absolute Gasteiger partial charge is 0.177 e. The maximum Gasteiger partial charge on any atom is 0.177 e. The SMILES string of the molecule is COc1ccc(C=Cc2ccncc2)c2cc(-c3ccccc3)oc12.Cl. The standard InChI is InChI=1S/C22H17NO2.ClH/c1-24-20-10-9-17(8-7-16-11-13-23-14-12-16)19-15-21(25-22(19)20)18-5-3-2-4-6-18;/h2-15H,1H3;1H. The molecule has 0 aliphatic rings. The summed E-state index contributed by atoms with van der Waals surface area (Å²) in [6.07, 6.45) is 7.73. The molecule has 0 saturated carbocycles. The third-order valence-electron chi connectivity index (χ3n) is 4.12. The molecule has 4 rings (SSSR count). The van der Waals surface area contributed by atoms with E-state index < -0.39 is 0 Å². The number of hydrogen-bond donors (Lipinski definition) is 0. The molecule has 0 saturated heterocycles. The molecule has 0 aliphatic heterocycles. The number of furan rings is 1. The summed E-state index contributed by atoms with van der Waals surface area (Å²) in [4.78, 5) is 4.04. The van der Waals surface area contributed by atoms with E-state index in [1.165, 1.54) is 0 Å². The molecule has 0 spiro atoms. The minimum atomic E-state index is 0. The van der Waals surface area contributed by atoms with Crippen LogP contribution in [-0.2, 0) is 0 Å². The molecule has 3 nitrogen and oxygen atoms in total. The summed E-state index contributed by atoms with van der Waals surface area (Å²) in [7, 11) is 1.66. The molecule has 0 N–H and O–H groups in total. The number of fused-ring (bicyclic) bond motifs is 1. The van der Waals surface area contributed by atoms with E-state index in [9.17, 15) is 0 Å². The van der Waals surface area contributed by atoms with Gasteiger partial charge in [-0.2, -0.15) is 0 Å². The highest BCUT2D eigenvalue weighted by atomic mass is 35.5. The first-order valence-electron chi connectivity index (χ1n) is 8.09. The molecule has 26 heavy (non-hydrogen) atoms. The molecular weight excluding hydrogens is 346 g/mol. The lowest BCUT2D eigenvalue weighted by Crippen LogP contribution is -1.84. The number of aromatic nitrogens is 1. The Balaban J connectivity index is 0.00000196. The molecule has 4 aromatic rings. The minimum Gasteiger partial charge on any atom is -0.493 e. The molecule has 0 amide bonds. The maximum absolute atomic E-state index is 6.10. The number of benzene rings is 2. The van der Waals surface area contributed by atoms with Gasteiger partial charge in [0.2, 0.25) is 0 Å². The summed E-state index contributed by atoms with van der Waals surface area (Å²) in [5, 5.41) is 1.03. The quantitative estimate of drug-likeness (QED) is 0.439. The molecule has 0 atom stereocenters. The summed E-state index contributed by atoms with van der Waals surface area (Å²) < 4.78 is 11.6. The Morgan fingerprint density at radius 1 is 0.923 bits per heavy atom. The van der Waals surface area contributed by atoms with Crippen LogP contribution in [0.5, 0.6) is 5.75 Å². The fraction of sp³-hybridized carbons (Fsp3) is 0.0455. The Hall–Kier alpha value is -3.04. The van der Waals surface area contributed by atoms with Crippen LogP contribution >= 0.6 is 12.4 Å². The zero-order valence-electron chi connectivity index (χ0n) is 14.3. The predicted octanol–water partition coefficient (Wildman–Crippen LogP) is 6.10. The van der Waals surface area contributed by atoms with Gasteiger partial charge in [0.1, 0.15) is 5.76 Å². The maximum atomic E-state index is 6.10. The van der Waals surface area contributed by atoms with Crippen LogP contribution in [0.3, 0.4) is 0 Å². The lowest BCUT2D eigenvalue weighted by Gasteiger charge is -2.02. The van der Waals surface area contributed by atoms with Gasteiger partial charge in [0.15, 0.2) is 11.3 Å². The van der Waals surface area contributed by atoms with E-state index in [1.54, 1.807) is 19.5 Å². The van der Waals surface area contributed by atoms with Crippen molar-refractivity contribution >= 4 is 35.5 Å². The van der Waals surface area contributed by atoms with Crippen molar-refractivity contribution in [2.24, 2.45) is 0 Å². The number of methoxy groups -OCH3 is 1. The molecule has 0 radical (unpaired) electrons. The molecule has 2 aromatic carbocycles. The van der Waals surface area contributed by atoms with Crippen molar-refractivity contribution in [3.63, 3.8) is 0 Å². The molecule has 0 aliphatic carbocycles. The van der Waals surface area contributed by atoms with E-state index in [0.29, 0.717) is 0 Å². The van der Waals surface area contributed by atoms with Gasteiger partial charge in [-0.3, -0.25) is 4.98 Å². The predicted molar refractivity (Wildman–Crippen MR) is 109 cm³/mol. The second-order valence-corrected chi connectivity index (χ2v) is 5.69. The molecule has 0 fully saturated rings. The van der Waals surface area contributed by atoms with E-state index >= 15 is 0 Å². The van der Waals surface area contributed by atoms with Gasteiger partial charge in [-0.15, -0.1) is 12.4 Å². The molecule has 0 unspecified atom stereocenters. The number of ether oxygens (including phenoxy) is 1. The summed E-state index contributed by atoms with van der Waals surface area (Å²) in [5.74, 6) is 1.57. The van der Waals surface area contributed by atoms with Crippen LogP contribution in [0.1, 0.15) is 11.1 Å². The third-order valence-corrected chi connectivity index (χ3v) is 4.12. The van der Waals surface area contributed by atoms with Crippen molar-refractivity contribution in [3.8, 4) is 17.1 Å². The van der Waals surface area contributed by atoms with Crippen molar-refractivity contribution in [1.82, 2.24) is 4.98 Å². The first-order chi connectivity index (χ1) is 12.3. The average molecular weight is 364 g/mol. The highest BCUT2D eigenvalue weighted by molar-refractivity contribution is 5.95. The van der Waals surface area contributed by atoms with E-state index in [0.717, 1.165) is 39.2 Å². The Bertz CT molecular complexity index is 1020. The minimum absolute atomic E-state index is 0. The average Bonchev–Trinajstić information content (AvgIpc) is 3.13. The van der Waals surface area contributed by atoms with E-state index in [4.69, 9.17) is 9.15 Å². The number of nitrogens with zero attached hydrogens (tertiary/aromatic N) is 1. The van der Waals surface area contributed by atoms with Gasteiger partial charge in [0.25, 0.3) is 0 Å². The van der Waals surface area contributed by atoms with Crippen molar-refractivity contribution < 1.29 is 9.15 Å². The van der Waals surface area contributed by atoms with Crippen molar-refractivity contribution in [2.75, 3.05) is 7.11 Å². The monoisotopic (exact) mass is 363 g/mol. The Morgan fingerprint density at radius 2 is 1.69 bits per heavy atom. The third kappa shape index (κ3) is 3.48. The second-order valence-electron chi connectivity index (χ2n) is 5.69. The first kappa shape index (κ1) is 17.8. The van der Waals surface area contributed by atoms with Gasteiger partial charge >= 0.3 is 0 Å². The molecular formula is C22H18ClNO2. The number of hydrogen-bond acceptors (Lipinski definition) is 3. The van der Waals surface area contributed by atoms with E-state index in [2.05, 4.69) is 23.2 Å².